The van der Waals surface area contributed by atoms with Gasteiger partial charge in [0.05, 0.1) is 0 Å². The fraction of sp³-hybridized carbons (Fsp3) is 0.440. The largest absolute Gasteiger partial charge is 0.483 e. The summed E-state index contributed by atoms with van der Waals surface area (Å²) < 4.78 is 6.83. The zero-order chi connectivity index (χ0) is 23.0. The highest BCUT2D eigenvalue weighted by Gasteiger charge is 2.27. The van der Waals surface area contributed by atoms with Gasteiger partial charge in [0.1, 0.15) is 11.8 Å². The monoisotopic (exact) mass is 488 g/mol. The molecule has 1 atom stereocenters. The van der Waals surface area contributed by atoms with Crippen molar-refractivity contribution in [2.75, 3.05) is 13.2 Å². The van der Waals surface area contributed by atoms with Gasteiger partial charge in [-0.15, -0.1) is 0 Å². The molecule has 0 bridgehead atoms. The summed E-state index contributed by atoms with van der Waals surface area (Å²) in [5.74, 6) is 0.918. The van der Waals surface area contributed by atoms with Crippen molar-refractivity contribution in [1.29, 1.82) is 0 Å². The van der Waals surface area contributed by atoms with E-state index in [9.17, 15) is 9.59 Å². The van der Waals surface area contributed by atoms with Crippen LogP contribution in [-0.4, -0.2) is 35.9 Å². The minimum Gasteiger partial charge on any atom is -0.483 e. The summed E-state index contributed by atoms with van der Waals surface area (Å²) in [7, 11) is 0. The normalized spacial score (nSPS) is 12.0. The zero-order valence-corrected chi connectivity index (χ0v) is 20.6. The van der Waals surface area contributed by atoms with Gasteiger partial charge in [-0.05, 0) is 48.1 Å². The molecule has 0 aliphatic rings. The third kappa shape index (κ3) is 7.69. The van der Waals surface area contributed by atoms with E-state index in [2.05, 4.69) is 35.1 Å². The summed E-state index contributed by atoms with van der Waals surface area (Å²) in [6.45, 7) is 10.8. The number of amides is 2. The third-order valence-corrected chi connectivity index (χ3v) is 5.48. The molecule has 0 saturated heterocycles. The Hall–Kier alpha value is -2.34. The van der Waals surface area contributed by atoms with Crippen LogP contribution in [0.25, 0.3) is 0 Å². The van der Waals surface area contributed by atoms with Crippen LogP contribution in [0.5, 0.6) is 5.75 Å². The molecule has 6 heteroatoms. The molecule has 2 aromatic carbocycles. The van der Waals surface area contributed by atoms with E-state index in [0.29, 0.717) is 24.8 Å². The Labute approximate surface area is 194 Å². The molecule has 5 nitrogen and oxygen atoms in total. The van der Waals surface area contributed by atoms with Gasteiger partial charge in [-0.1, -0.05) is 74.0 Å². The summed E-state index contributed by atoms with van der Waals surface area (Å²) in [5.41, 5.74) is 1.99. The summed E-state index contributed by atoms with van der Waals surface area (Å²) >= 11 is 3.47. The lowest BCUT2D eigenvalue weighted by Crippen LogP contribution is -2.49. The van der Waals surface area contributed by atoms with Crippen molar-refractivity contribution in [3.8, 4) is 5.75 Å². The molecule has 2 rings (SSSR count). The van der Waals surface area contributed by atoms with E-state index in [4.69, 9.17) is 4.74 Å². The van der Waals surface area contributed by atoms with Gasteiger partial charge in [-0.3, -0.25) is 9.59 Å². The predicted octanol–water partition coefficient (Wildman–Crippen LogP) is 5.14. The van der Waals surface area contributed by atoms with E-state index in [1.165, 1.54) is 0 Å². The Morgan fingerprint density at radius 2 is 1.74 bits per heavy atom. The maximum absolute atomic E-state index is 13.2. The number of hydrogen-bond donors (Lipinski definition) is 1. The molecule has 0 heterocycles. The summed E-state index contributed by atoms with van der Waals surface area (Å²) in [6.07, 6.45) is 0. The van der Waals surface area contributed by atoms with Crippen LogP contribution in [0.2, 0.25) is 0 Å². The lowest BCUT2D eigenvalue weighted by atomic mass is 10.0. The van der Waals surface area contributed by atoms with Gasteiger partial charge in [-0.25, -0.2) is 0 Å². The van der Waals surface area contributed by atoms with Gasteiger partial charge in [0.25, 0.3) is 5.91 Å². The van der Waals surface area contributed by atoms with Crippen molar-refractivity contribution < 1.29 is 14.3 Å². The second kappa shape index (κ2) is 11.9. The maximum atomic E-state index is 13.2. The molecule has 2 amide bonds. The van der Waals surface area contributed by atoms with Crippen LogP contribution < -0.4 is 10.1 Å². The number of hydrogen-bond acceptors (Lipinski definition) is 3. The minimum atomic E-state index is -0.617. The molecule has 0 aromatic heterocycles. The molecule has 1 N–H and O–H groups in total. The number of nitrogens with one attached hydrogen (secondary N) is 1. The number of carbonyl (C=O) groups is 2. The Morgan fingerprint density at radius 1 is 1.03 bits per heavy atom. The van der Waals surface area contributed by atoms with Gasteiger partial charge >= 0.3 is 0 Å². The molecule has 0 aliphatic heterocycles. The molecule has 168 valence electrons. The van der Waals surface area contributed by atoms with E-state index >= 15 is 0 Å². The van der Waals surface area contributed by atoms with Crippen molar-refractivity contribution in [3.05, 3.63) is 64.1 Å². The predicted molar refractivity (Wildman–Crippen MR) is 128 cm³/mol. The molecule has 0 spiro atoms. The number of carbonyl (C=O) groups excluding carboxylic acids is 2. The number of nitrogens with zero attached hydrogens (tertiary/aromatic N) is 1. The average Bonchev–Trinajstić information content (AvgIpc) is 2.73. The first-order valence-corrected chi connectivity index (χ1v) is 11.5. The van der Waals surface area contributed by atoms with Crippen molar-refractivity contribution in [2.45, 2.75) is 53.1 Å². The first-order valence-electron chi connectivity index (χ1n) is 10.7. The minimum absolute atomic E-state index is 0.125. The van der Waals surface area contributed by atoms with E-state index in [1.807, 2.05) is 62.4 Å². The lowest BCUT2D eigenvalue weighted by molar-refractivity contribution is -0.142. The van der Waals surface area contributed by atoms with Crippen LogP contribution in [0.1, 0.15) is 51.7 Å². The highest BCUT2D eigenvalue weighted by atomic mass is 79.9. The topological polar surface area (TPSA) is 58.6 Å². The number of rotatable bonds is 10. The third-order valence-electron chi connectivity index (χ3n) is 4.99. The van der Waals surface area contributed by atoms with Crippen molar-refractivity contribution in [3.63, 3.8) is 0 Å². The van der Waals surface area contributed by atoms with Crippen LogP contribution in [0.3, 0.4) is 0 Å². The van der Waals surface area contributed by atoms with Crippen LogP contribution in [0.4, 0.5) is 0 Å². The summed E-state index contributed by atoms with van der Waals surface area (Å²) in [4.78, 5) is 27.5. The van der Waals surface area contributed by atoms with Gasteiger partial charge in [0.2, 0.25) is 5.91 Å². The smallest absolute Gasteiger partial charge is 0.261 e. The van der Waals surface area contributed by atoms with Crippen molar-refractivity contribution in [2.24, 2.45) is 5.92 Å². The SMILES string of the molecule is CC(C)CNC(=O)[C@H](C)N(Cc1cccc(Br)c1)C(=O)COc1ccccc1C(C)C. The van der Waals surface area contributed by atoms with Crippen LogP contribution >= 0.6 is 15.9 Å². The Bertz CT molecular complexity index is 883. The molecule has 0 saturated carbocycles. The summed E-state index contributed by atoms with van der Waals surface area (Å²) in [5, 5.41) is 2.93. The molecule has 0 radical (unpaired) electrons. The Kier molecular flexibility index (Phi) is 9.56. The van der Waals surface area contributed by atoms with Gasteiger partial charge < -0.3 is 15.0 Å². The highest BCUT2D eigenvalue weighted by Crippen LogP contribution is 2.26. The molecule has 0 aliphatic carbocycles. The fourth-order valence-corrected chi connectivity index (χ4v) is 3.63. The number of para-hydroxylation sites is 1. The van der Waals surface area contributed by atoms with Gasteiger partial charge in [-0.2, -0.15) is 0 Å². The highest BCUT2D eigenvalue weighted by molar-refractivity contribution is 9.10. The molecular weight excluding hydrogens is 456 g/mol. The first kappa shape index (κ1) is 24.9. The fourth-order valence-electron chi connectivity index (χ4n) is 3.18. The van der Waals surface area contributed by atoms with Crippen molar-refractivity contribution in [1.82, 2.24) is 10.2 Å². The van der Waals surface area contributed by atoms with Gasteiger partial charge in [0, 0.05) is 17.6 Å². The van der Waals surface area contributed by atoms with E-state index < -0.39 is 6.04 Å². The first-order chi connectivity index (χ1) is 14.7. The number of halogens is 1. The van der Waals surface area contributed by atoms with E-state index in [1.54, 1.807) is 11.8 Å². The summed E-state index contributed by atoms with van der Waals surface area (Å²) in [6, 6.07) is 14.9. The zero-order valence-electron chi connectivity index (χ0n) is 19.0. The molecular formula is C25H33BrN2O3. The van der Waals surface area contributed by atoms with Crippen molar-refractivity contribution >= 4 is 27.7 Å². The average molecular weight is 489 g/mol. The second-order valence-electron chi connectivity index (χ2n) is 8.45. The number of ether oxygens (including phenoxy) is 1. The maximum Gasteiger partial charge on any atom is 0.261 e. The quantitative estimate of drug-likeness (QED) is 0.503. The van der Waals surface area contributed by atoms with E-state index in [0.717, 1.165) is 15.6 Å². The Morgan fingerprint density at radius 3 is 2.39 bits per heavy atom. The van der Waals surface area contributed by atoms with Gasteiger partial charge in [0.15, 0.2) is 6.61 Å². The van der Waals surface area contributed by atoms with Crippen LogP contribution in [0, 0.1) is 5.92 Å². The lowest BCUT2D eigenvalue weighted by Gasteiger charge is -2.29. The van der Waals surface area contributed by atoms with Crippen LogP contribution in [-0.2, 0) is 16.1 Å². The Balaban J connectivity index is 2.18. The molecule has 0 fully saturated rings. The second-order valence-corrected chi connectivity index (χ2v) is 9.36. The molecule has 2 aromatic rings. The standard InChI is InChI=1S/C25H33BrN2O3/c1-17(2)14-27-25(30)19(5)28(15-20-9-8-10-21(26)13-20)24(29)16-31-23-12-7-6-11-22(23)18(3)4/h6-13,17-19H,14-16H2,1-5H3,(H,27,30)/t19-/m0/s1. The molecule has 31 heavy (non-hydrogen) atoms. The van der Waals surface area contributed by atoms with Crippen LogP contribution in [0.15, 0.2) is 53.0 Å². The number of benzene rings is 2. The molecule has 0 unspecified atom stereocenters. The van der Waals surface area contributed by atoms with E-state index in [-0.39, 0.29) is 24.3 Å².